The van der Waals surface area contributed by atoms with Crippen LogP contribution in [-0.4, -0.2) is 29.0 Å². The molecule has 0 saturated heterocycles. The Bertz CT molecular complexity index is 954. The van der Waals surface area contributed by atoms with Crippen molar-refractivity contribution >= 4 is 17.6 Å². The molecular formula is C20H17N3O4. The summed E-state index contributed by atoms with van der Waals surface area (Å²) in [4.78, 5) is 32.4. The Morgan fingerprint density at radius 1 is 0.963 bits per heavy atom. The number of esters is 1. The van der Waals surface area contributed by atoms with E-state index < -0.39 is 5.97 Å². The first-order valence-electron chi connectivity index (χ1n) is 8.12. The number of aryl methyl sites for hydroxylation is 1. The second-order valence-electron chi connectivity index (χ2n) is 5.61. The van der Waals surface area contributed by atoms with Crippen molar-refractivity contribution in [2.45, 2.75) is 6.92 Å². The van der Waals surface area contributed by atoms with Gasteiger partial charge in [0, 0.05) is 11.9 Å². The number of para-hydroxylation sites is 1. The summed E-state index contributed by atoms with van der Waals surface area (Å²) >= 11 is 0. The molecule has 1 aromatic heterocycles. The highest BCUT2D eigenvalue weighted by molar-refractivity contribution is 6.06. The van der Waals surface area contributed by atoms with Crippen LogP contribution >= 0.6 is 0 Å². The first-order chi connectivity index (χ1) is 13.1. The Labute approximate surface area is 156 Å². The van der Waals surface area contributed by atoms with Crippen LogP contribution in [0.5, 0.6) is 11.5 Å². The zero-order valence-corrected chi connectivity index (χ0v) is 14.8. The van der Waals surface area contributed by atoms with Gasteiger partial charge < -0.3 is 14.8 Å². The van der Waals surface area contributed by atoms with E-state index in [-0.39, 0.29) is 11.6 Å². The average Bonchev–Trinajstić information content (AvgIpc) is 2.69. The molecule has 3 aromatic rings. The maximum atomic E-state index is 12.4. The van der Waals surface area contributed by atoms with E-state index >= 15 is 0 Å². The predicted molar refractivity (Wildman–Crippen MR) is 99.1 cm³/mol. The van der Waals surface area contributed by atoms with Crippen LogP contribution in [0.2, 0.25) is 0 Å². The van der Waals surface area contributed by atoms with Crippen molar-refractivity contribution in [3.63, 3.8) is 0 Å². The molecule has 7 nitrogen and oxygen atoms in total. The Morgan fingerprint density at radius 3 is 2.37 bits per heavy atom. The number of hydrogen-bond acceptors (Lipinski definition) is 6. The summed E-state index contributed by atoms with van der Waals surface area (Å²) in [5.74, 6) is -0.0853. The number of ether oxygens (including phenoxy) is 2. The van der Waals surface area contributed by atoms with E-state index in [0.717, 1.165) is 0 Å². The largest absolute Gasteiger partial charge is 0.496 e. The second-order valence-corrected chi connectivity index (χ2v) is 5.61. The molecule has 1 heterocycles. The molecule has 0 spiro atoms. The van der Waals surface area contributed by atoms with Gasteiger partial charge in [0.15, 0.2) is 5.69 Å². The molecule has 0 aliphatic carbocycles. The molecule has 0 unspecified atom stereocenters. The van der Waals surface area contributed by atoms with Crippen molar-refractivity contribution in [2.75, 3.05) is 12.4 Å². The summed E-state index contributed by atoms with van der Waals surface area (Å²) in [6, 6.07) is 13.4. The Hall–Kier alpha value is -3.74. The number of nitrogens with one attached hydrogen (secondary N) is 1. The van der Waals surface area contributed by atoms with Gasteiger partial charge in [0.05, 0.1) is 24.6 Å². The number of benzene rings is 2. The topological polar surface area (TPSA) is 90.4 Å². The fraction of sp³-hybridized carbons (Fsp3) is 0.100. The summed E-state index contributed by atoms with van der Waals surface area (Å²) < 4.78 is 10.4. The first kappa shape index (κ1) is 18.1. The smallest absolute Gasteiger partial charge is 0.363 e. The van der Waals surface area contributed by atoms with Crippen LogP contribution < -0.4 is 14.8 Å². The third-order valence-corrected chi connectivity index (χ3v) is 3.66. The Balaban J connectivity index is 1.65. The maximum Gasteiger partial charge on any atom is 0.363 e. The molecule has 0 radical (unpaired) electrons. The van der Waals surface area contributed by atoms with Crippen LogP contribution in [0.25, 0.3) is 0 Å². The molecule has 0 aliphatic heterocycles. The number of methoxy groups -OCH3 is 1. The van der Waals surface area contributed by atoms with E-state index in [0.29, 0.717) is 28.4 Å². The third-order valence-electron chi connectivity index (χ3n) is 3.66. The SMILES string of the molecule is COc1ccccc1C(=O)Nc1ccc(OC(=O)c2cnc(C)cn2)cc1. The Kier molecular flexibility index (Phi) is 5.41. The number of nitrogens with zero attached hydrogens (tertiary/aromatic N) is 2. The van der Waals surface area contributed by atoms with Gasteiger partial charge in [-0.15, -0.1) is 0 Å². The molecule has 2 aromatic carbocycles. The van der Waals surface area contributed by atoms with Gasteiger partial charge in [-0.05, 0) is 43.3 Å². The lowest BCUT2D eigenvalue weighted by Gasteiger charge is -2.09. The van der Waals surface area contributed by atoms with Gasteiger partial charge in [-0.3, -0.25) is 9.78 Å². The highest BCUT2D eigenvalue weighted by atomic mass is 16.5. The van der Waals surface area contributed by atoms with E-state index in [1.54, 1.807) is 55.5 Å². The van der Waals surface area contributed by atoms with Crippen molar-refractivity contribution in [2.24, 2.45) is 0 Å². The lowest BCUT2D eigenvalue weighted by molar-refractivity contribution is 0.0727. The minimum Gasteiger partial charge on any atom is -0.496 e. The Morgan fingerprint density at radius 2 is 1.70 bits per heavy atom. The van der Waals surface area contributed by atoms with E-state index in [4.69, 9.17) is 9.47 Å². The standard InChI is InChI=1S/C20H17N3O4/c1-13-11-22-17(12-21-13)20(25)27-15-9-7-14(8-10-15)23-19(24)16-5-3-4-6-18(16)26-2/h3-12H,1-2H3,(H,23,24). The molecule has 0 aliphatic rings. The highest BCUT2D eigenvalue weighted by Gasteiger charge is 2.13. The molecule has 0 atom stereocenters. The van der Waals surface area contributed by atoms with Crippen LogP contribution in [0.1, 0.15) is 26.5 Å². The van der Waals surface area contributed by atoms with E-state index in [9.17, 15) is 9.59 Å². The molecule has 1 amide bonds. The lowest BCUT2D eigenvalue weighted by Crippen LogP contribution is -2.13. The van der Waals surface area contributed by atoms with Gasteiger partial charge in [-0.25, -0.2) is 9.78 Å². The monoisotopic (exact) mass is 363 g/mol. The van der Waals surface area contributed by atoms with Gasteiger partial charge in [-0.1, -0.05) is 12.1 Å². The fourth-order valence-electron chi connectivity index (χ4n) is 2.29. The maximum absolute atomic E-state index is 12.4. The first-order valence-corrected chi connectivity index (χ1v) is 8.12. The summed E-state index contributed by atoms with van der Waals surface area (Å²) in [5.41, 5.74) is 1.81. The van der Waals surface area contributed by atoms with Crippen LogP contribution in [0, 0.1) is 6.92 Å². The molecule has 27 heavy (non-hydrogen) atoms. The van der Waals surface area contributed by atoms with Crippen LogP contribution in [0.15, 0.2) is 60.9 Å². The van der Waals surface area contributed by atoms with Crippen LogP contribution in [0.3, 0.4) is 0 Å². The number of aromatic nitrogens is 2. The van der Waals surface area contributed by atoms with Gasteiger partial charge in [0.25, 0.3) is 5.91 Å². The molecule has 7 heteroatoms. The van der Waals surface area contributed by atoms with Crippen molar-refractivity contribution in [3.05, 3.63) is 77.9 Å². The molecule has 136 valence electrons. The van der Waals surface area contributed by atoms with Crippen molar-refractivity contribution in [3.8, 4) is 11.5 Å². The zero-order chi connectivity index (χ0) is 19.2. The molecule has 0 fully saturated rings. The number of hydrogen-bond donors (Lipinski definition) is 1. The van der Waals surface area contributed by atoms with Crippen molar-refractivity contribution in [1.82, 2.24) is 9.97 Å². The predicted octanol–water partition coefficient (Wildman–Crippen LogP) is 3.27. The molecule has 0 bridgehead atoms. The van der Waals surface area contributed by atoms with Crippen molar-refractivity contribution in [1.29, 1.82) is 0 Å². The summed E-state index contributed by atoms with van der Waals surface area (Å²) in [6.07, 6.45) is 2.85. The minimum atomic E-state index is -0.603. The highest BCUT2D eigenvalue weighted by Crippen LogP contribution is 2.21. The van der Waals surface area contributed by atoms with Gasteiger partial charge in [0.1, 0.15) is 11.5 Å². The van der Waals surface area contributed by atoms with E-state index in [1.165, 1.54) is 19.5 Å². The van der Waals surface area contributed by atoms with Gasteiger partial charge in [-0.2, -0.15) is 0 Å². The number of carbonyl (C=O) groups is 2. The van der Waals surface area contributed by atoms with Crippen molar-refractivity contribution < 1.29 is 19.1 Å². The zero-order valence-electron chi connectivity index (χ0n) is 14.8. The molecule has 3 rings (SSSR count). The summed E-state index contributed by atoms with van der Waals surface area (Å²) in [7, 11) is 1.51. The number of rotatable bonds is 5. The number of carbonyl (C=O) groups excluding carboxylic acids is 2. The van der Waals surface area contributed by atoms with Crippen LogP contribution in [0.4, 0.5) is 5.69 Å². The van der Waals surface area contributed by atoms with Crippen LogP contribution in [-0.2, 0) is 0 Å². The average molecular weight is 363 g/mol. The normalized spacial score (nSPS) is 10.1. The second kappa shape index (κ2) is 8.09. The molecule has 0 saturated carbocycles. The summed E-state index contributed by atoms with van der Waals surface area (Å²) in [6.45, 7) is 1.78. The van der Waals surface area contributed by atoms with E-state index in [1.807, 2.05) is 0 Å². The summed E-state index contributed by atoms with van der Waals surface area (Å²) in [5, 5.41) is 2.77. The minimum absolute atomic E-state index is 0.120. The number of amides is 1. The fourth-order valence-corrected chi connectivity index (χ4v) is 2.29. The molecule has 1 N–H and O–H groups in total. The quantitative estimate of drug-likeness (QED) is 0.553. The van der Waals surface area contributed by atoms with E-state index in [2.05, 4.69) is 15.3 Å². The third kappa shape index (κ3) is 4.46. The molecular weight excluding hydrogens is 346 g/mol. The number of anilines is 1. The van der Waals surface area contributed by atoms with Gasteiger partial charge in [0.2, 0.25) is 0 Å². The van der Waals surface area contributed by atoms with Gasteiger partial charge >= 0.3 is 5.97 Å². The lowest BCUT2D eigenvalue weighted by atomic mass is 10.2.